The zero-order chi connectivity index (χ0) is 35.5. The third-order valence-electron chi connectivity index (χ3n) is 10.2. The summed E-state index contributed by atoms with van der Waals surface area (Å²) in [5.41, 5.74) is 5.69. The number of amides is 3. The summed E-state index contributed by atoms with van der Waals surface area (Å²) in [4.78, 5) is 47.8. The highest BCUT2D eigenvalue weighted by Crippen LogP contribution is 2.40. The van der Waals surface area contributed by atoms with Crippen LogP contribution in [0.4, 0.5) is 5.69 Å². The van der Waals surface area contributed by atoms with Crippen molar-refractivity contribution >= 4 is 23.4 Å². The highest BCUT2D eigenvalue weighted by molar-refractivity contribution is 6.24. The molecule has 0 spiro atoms. The minimum atomic E-state index is -0.600. The lowest BCUT2D eigenvalue weighted by atomic mass is 9.99. The first kappa shape index (κ1) is 34.7. The molecule has 6 rings (SSSR count). The minimum absolute atomic E-state index is 0.195. The number of anilines is 1. The molecule has 2 aliphatic rings. The number of rotatable bonds is 12. The summed E-state index contributed by atoms with van der Waals surface area (Å²) < 4.78 is 12.8. The van der Waals surface area contributed by atoms with E-state index in [1.165, 1.54) is 10.5 Å². The smallest absolute Gasteiger partial charge is 0.264 e. The molecule has 0 radical (unpaired) electrons. The first-order chi connectivity index (χ1) is 24.1. The van der Waals surface area contributed by atoms with Gasteiger partial charge in [0.15, 0.2) is 11.5 Å². The van der Waals surface area contributed by atoms with Crippen LogP contribution in [-0.2, 0) is 7.05 Å². The van der Waals surface area contributed by atoms with Gasteiger partial charge in [-0.25, -0.2) is 0 Å². The molecule has 0 aliphatic carbocycles. The van der Waals surface area contributed by atoms with Crippen LogP contribution in [0, 0.1) is 13.8 Å². The van der Waals surface area contributed by atoms with Crippen LogP contribution in [0.3, 0.4) is 0 Å². The standard InChI is InChI=1S/C39H46N6O5/c1-25-35(27(3)42(4)41-25)37(46)40-19-11-16-31(29-17-18-33(49-5)34(24-29)50-6)45-38(47)30-14-10-15-32(36(30)39(45)48)44-22-20-43(21-23-44)26(2)28-12-8-7-9-13-28/h7-10,12-15,17-18,24,26,31H,11,16,19-23H2,1-6H3,(H,40,46)/t26?,31-/m1/s1. The molecule has 1 unspecified atom stereocenters. The maximum Gasteiger partial charge on any atom is 0.264 e. The molecule has 1 saturated heterocycles. The Morgan fingerprint density at radius 2 is 1.60 bits per heavy atom. The van der Waals surface area contributed by atoms with Crippen molar-refractivity contribution in [3.8, 4) is 11.5 Å². The number of imide groups is 1. The fourth-order valence-electron chi connectivity index (χ4n) is 7.32. The molecule has 3 aromatic carbocycles. The highest BCUT2D eigenvalue weighted by Gasteiger charge is 2.43. The average molecular weight is 679 g/mol. The van der Waals surface area contributed by atoms with Gasteiger partial charge in [0.25, 0.3) is 17.7 Å². The van der Waals surface area contributed by atoms with Crippen molar-refractivity contribution in [2.24, 2.45) is 7.05 Å². The number of fused-ring (bicyclic) bond motifs is 1. The molecule has 0 saturated carbocycles. The van der Waals surface area contributed by atoms with E-state index in [2.05, 4.69) is 51.4 Å². The lowest BCUT2D eigenvalue weighted by Crippen LogP contribution is -2.47. The second kappa shape index (κ2) is 14.8. The van der Waals surface area contributed by atoms with Crippen LogP contribution in [0.1, 0.15) is 85.4 Å². The lowest BCUT2D eigenvalue weighted by Gasteiger charge is -2.39. The zero-order valence-corrected chi connectivity index (χ0v) is 29.7. The maximum absolute atomic E-state index is 14.5. The number of carbonyl (C=O) groups is 3. The molecule has 262 valence electrons. The normalized spacial score (nSPS) is 16.0. The van der Waals surface area contributed by atoms with Crippen LogP contribution >= 0.6 is 0 Å². The Morgan fingerprint density at radius 3 is 2.26 bits per heavy atom. The SMILES string of the molecule is COc1ccc([C@@H](CCCNC(=O)c2c(C)nn(C)c2C)N2C(=O)c3cccc(N4CCN(C(C)c5ccccc5)CC4)c3C2=O)cc1OC. The fraction of sp³-hybridized carbons (Fsp3) is 0.385. The third-order valence-corrected chi connectivity index (χ3v) is 10.2. The van der Waals surface area contributed by atoms with Crippen molar-refractivity contribution in [2.45, 2.75) is 45.7 Å². The Morgan fingerprint density at radius 1 is 0.880 bits per heavy atom. The molecular weight excluding hydrogens is 632 g/mol. The van der Waals surface area contributed by atoms with Gasteiger partial charge in [-0.3, -0.25) is 28.9 Å². The van der Waals surface area contributed by atoms with E-state index in [1.807, 2.05) is 51.2 Å². The van der Waals surface area contributed by atoms with Crippen molar-refractivity contribution in [3.63, 3.8) is 0 Å². The van der Waals surface area contributed by atoms with E-state index >= 15 is 0 Å². The van der Waals surface area contributed by atoms with E-state index in [9.17, 15) is 14.4 Å². The summed E-state index contributed by atoms with van der Waals surface area (Å²) in [5.74, 6) is 0.222. The second-order valence-corrected chi connectivity index (χ2v) is 13.0. The molecule has 2 atom stereocenters. The number of hydrogen-bond donors (Lipinski definition) is 1. The van der Waals surface area contributed by atoms with Gasteiger partial charge in [0.1, 0.15) is 0 Å². The minimum Gasteiger partial charge on any atom is -0.493 e. The number of nitrogens with one attached hydrogen (secondary N) is 1. The van der Waals surface area contributed by atoms with Crippen molar-refractivity contribution in [1.82, 2.24) is 24.9 Å². The van der Waals surface area contributed by atoms with Crippen molar-refractivity contribution in [1.29, 1.82) is 0 Å². The topological polar surface area (TPSA) is 109 Å². The van der Waals surface area contributed by atoms with Crippen LogP contribution in [0.5, 0.6) is 11.5 Å². The molecule has 11 nitrogen and oxygen atoms in total. The summed E-state index contributed by atoms with van der Waals surface area (Å²) in [7, 11) is 4.94. The predicted octanol–water partition coefficient (Wildman–Crippen LogP) is 5.48. The van der Waals surface area contributed by atoms with Gasteiger partial charge in [-0.15, -0.1) is 0 Å². The van der Waals surface area contributed by atoms with Gasteiger partial charge in [0, 0.05) is 51.5 Å². The Kier molecular flexibility index (Phi) is 10.2. The van der Waals surface area contributed by atoms with Gasteiger partial charge in [-0.1, -0.05) is 42.5 Å². The number of ether oxygens (including phenoxy) is 2. The van der Waals surface area contributed by atoms with Gasteiger partial charge >= 0.3 is 0 Å². The van der Waals surface area contributed by atoms with Gasteiger partial charge in [-0.2, -0.15) is 5.10 Å². The highest BCUT2D eigenvalue weighted by atomic mass is 16.5. The number of hydrogen-bond acceptors (Lipinski definition) is 8. The quantitative estimate of drug-likeness (QED) is 0.155. The molecule has 11 heteroatoms. The Hall–Kier alpha value is -5.16. The molecule has 4 aromatic rings. The number of benzene rings is 3. The second-order valence-electron chi connectivity index (χ2n) is 13.0. The van der Waals surface area contributed by atoms with Gasteiger partial charge in [0.05, 0.1) is 48.3 Å². The largest absolute Gasteiger partial charge is 0.493 e. The maximum atomic E-state index is 14.5. The summed E-state index contributed by atoms with van der Waals surface area (Å²) in [6.45, 7) is 9.42. The van der Waals surface area contributed by atoms with E-state index in [0.29, 0.717) is 53.3 Å². The average Bonchev–Trinajstić information content (AvgIpc) is 3.55. The van der Waals surface area contributed by atoms with Crippen LogP contribution in [-0.4, -0.2) is 84.2 Å². The van der Waals surface area contributed by atoms with Gasteiger partial charge < -0.3 is 19.7 Å². The fourth-order valence-corrected chi connectivity index (χ4v) is 7.32. The number of methoxy groups -OCH3 is 2. The molecule has 2 aliphatic heterocycles. The van der Waals surface area contributed by atoms with E-state index in [0.717, 1.165) is 43.1 Å². The summed E-state index contributed by atoms with van der Waals surface area (Å²) in [5, 5.41) is 7.37. The predicted molar refractivity (Wildman–Crippen MR) is 192 cm³/mol. The first-order valence-corrected chi connectivity index (χ1v) is 17.2. The monoisotopic (exact) mass is 678 g/mol. The van der Waals surface area contributed by atoms with Crippen LogP contribution in [0.15, 0.2) is 66.7 Å². The van der Waals surface area contributed by atoms with Crippen molar-refractivity contribution in [2.75, 3.05) is 51.8 Å². The molecule has 1 aromatic heterocycles. The summed E-state index contributed by atoms with van der Waals surface area (Å²) in [6.07, 6.45) is 0.947. The third kappa shape index (κ3) is 6.57. The Bertz CT molecular complexity index is 1880. The number of carbonyl (C=O) groups excluding carboxylic acids is 3. The number of nitrogens with zero attached hydrogens (tertiary/aromatic N) is 5. The van der Waals surface area contributed by atoms with Crippen LogP contribution < -0.4 is 19.7 Å². The van der Waals surface area contributed by atoms with Gasteiger partial charge in [-0.05, 0) is 69.0 Å². The zero-order valence-electron chi connectivity index (χ0n) is 29.7. The first-order valence-electron chi connectivity index (χ1n) is 17.2. The molecule has 1 fully saturated rings. The molecule has 3 amide bonds. The summed E-state index contributed by atoms with van der Waals surface area (Å²) >= 11 is 0. The van der Waals surface area contributed by atoms with Crippen LogP contribution in [0.25, 0.3) is 0 Å². The number of aromatic nitrogens is 2. The van der Waals surface area contributed by atoms with E-state index in [4.69, 9.17) is 9.47 Å². The van der Waals surface area contributed by atoms with Gasteiger partial charge in [0.2, 0.25) is 0 Å². The molecule has 0 bridgehead atoms. The van der Waals surface area contributed by atoms with E-state index in [-0.39, 0.29) is 23.8 Å². The van der Waals surface area contributed by atoms with Crippen molar-refractivity contribution < 1.29 is 23.9 Å². The Labute approximate surface area is 293 Å². The number of aryl methyl sites for hydroxylation is 2. The Balaban J connectivity index is 1.23. The molecular formula is C39H46N6O5. The van der Waals surface area contributed by atoms with Crippen LogP contribution in [0.2, 0.25) is 0 Å². The van der Waals surface area contributed by atoms with Crippen molar-refractivity contribution in [3.05, 3.63) is 106 Å². The van der Waals surface area contributed by atoms with E-state index in [1.54, 1.807) is 31.0 Å². The molecule has 1 N–H and O–H groups in total. The number of piperazine rings is 1. The summed E-state index contributed by atoms with van der Waals surface area (Å²) in [6, 6.07) is 21.2. The molecule has 3 heterocycles. The lowest BCUT2D eigenvalue weighted by molar-refractivity contribution is 0.0570. The molecule has 50 heavy (non-hydrogen) atoms. The van der Waals surface area contributed by atoms with E-state index < -0.39 is 6.04 Å².